The zero-order valence-electron chi connectivity index (χ0n) is 10.2. The van der Waals surface area contributed by atoms with Gasteiger partial charge in [-0.05, 0) is 37.1 Å². The number of benzene rings is 1. The van der Waals surface area contributed by atoms with Gasteiger partial charge in [0, 0.05) is 30.7 Å². The second-order valence-corrected chi connectivity index (χ2v) is 4.88. The third-order valence-electron chi connectivity index (χ3n) is 3.39. The summed E-state index contributed by atoms with van der Waals surface area (Å²) in [5, 5.41) is 0. The fourth-order valence-electron chi connectivity index (χ4n) is 2.38. The van der Waals surface area contributed by atoms with E-state index in [9.17, 15) is 0 Å². The molecule has 2 aromatic rings. The number of alkyl halides is 1. The molecule has 3 rings (SSSR count). The van der Waals surface area contributed by atoms with Crippen LogP contribution in [0.2, 0.25) is 0 Å². The molecule has 0 N–H and O–H groups in total. The highest BCUT2D eigenvalue weighted by atomic mass is 35.5. The highest BCUT2D eigenvalue weighted by Crippen LogP contribution is 2.21. The SMILES string of the molecule is ClCc1cn(-c2ccc(N3CCCC3)cc2)cn1. The van der Waals surface area contributed by atoms with Gasteiger partial charge in [-0.15, -0.1) is 11.6 Å². The summed E-state index contributed by atoms with van der Waals surface area (Å²) in [6, 6.07) is 8.63. The minimum Gasteiger partial charge on any atom is -0.372 e. The molecule has 1 aliphatic heterocycles. The molecule has 3 nitrogen and oxygen atoms in total. The van der Waals surface area contributed by atoms with Crippen LogP contribution in [0.5, 0.6) is 0 Å². The Morgan fingerprint density at radius 2 is 1.72 bits per heavy atom. The van der Waals surface area contributed by atoms with E-state index < -0.39 is 0 Å². The van der Waals surface area contributed by atoms with E-state index in [0.717, 1.165) is 11.4 Å². The Hall–Kier alpha value is -1.48. The first-order valence-corrected chi connectivity index (χ1v) is 6.84. The average Bonchev–Trinajstić information content (AvgIpc) is 3.10. The quantitative estimate of drug-likeness (QED) is 0.791. The Bertz CT molecular complexity index is 512. The summed E-state index contributed by atoms with van der Waals surface area (Å²) in [6.45, 7) is 2.36. The molecule has 1 aromatic heterocycles. The number of anilines is 1. The summed E-state index contributed by atoms with van der Waals surface area (Å²) >= 11 is 5.76. The van der Waals surface area contributed by atoms with Crippen molar-refractivity contribution in [1.82, 2.24) is 9.55 Å². The monoisotopic (exact) mass is 261 g/mol. The van der Waals surface area contributed by atoms with Crippen LogP contribution >= 0.6 is 11.6 Å². The molecule has 0 radical (unpaired) electrons. The first-order valence-electron chi connectivity index (χ1n) is 6.31. The van der Waals surface area contributed by atoms with Crippen molar-refractivity contribution in [1.29, 1.82) is 0 Å². The maximum absolute atomic E-state index is 5.76. The van der Waals surface area contributed by atoms with E-state index in [1.165, 1.54) is 31.6 Å². The molecular weight excluding hydrogens is 246 g/mol. The molecule has 0 spiro atoms. The molecule has 1 aromatic carbocycles. The molecule has 94 valence electrons. The van der Waals surface area contributed by atoms with E-state index in [-0.39, 0.29) is 0 Å². The van der Waals surface area contributed by atoms with Gasteiger partial charge in [-0.1, -0.05) is 0 Å². The highest BCUT2D eigenvalue weighted by Gasteiger charge is 2.11. The average molecular weight is 262 g/mol. The van der Waals surface area contributed by atoms with Crippen molar-refractivity contribution in [2.45, 2.75) is 18.7 Å². The zero-order valence-corrected chi connectivity index (χ0v) is 11.0. The molecule has 2 heterocycles. The minimum absolute atomic E-state index is 0.457. The Kier molecular flexibility index (Phi) is 3.24. The van der Waals surface area contributed by atoms with Crippen LogP contribution in [-0.4, -0.2) is 22.6 Å². The molecule has 1 saturated heterocycles. The number of rotatable bonds is 3. The number of halogens is 1. The molecule has 0 amide bonds. The van der Waals surface area contributed by atoms with E-state index in [2.05, 4.69) is 34.1 Å². The second kappa shape index (κ2) is 5.02. The maximum atomic E-state index is 5.76. The molecule has 18 heavy (non-hydrogen) atoms. The Labute approximate surface area is 112 Å². The molecule has 1 fully saturated rings. The van der Waals surface area contributed by atoms with Gasteiger partial charge in [-0.3, -0.25) is 0 Å². The lowest BCUT2D eigenvalue weighted by Crippen LogP contribution is -2.17. The lowest BCUT2D eigenvalue weighted by Gasteiger charge is -2.17. The maximum Gasteiger partial charge on any atom is 0.0995 e. The van der Waals surface area contributed by atoms with Crippen LogP contribution in [0, 0.1) is 0 Å². The van der Waals surface area contributed by atoms with Gasteiger partial charge < -0.3 is 9.47 Å². The largest absolute Gasteiger partial charge is 0.372 e. The van der Waals surface area contributed by atoms with Crippen molar-refractivity contribution in [3.05, 3.63) is 42.5 Å². The number of hydrogen-bond donors (Lipinski definition) is 0. The van der Waals surface area contributed by atoms with Crippen LogP contribution in [-0.2, 0) is 5.88 Å². The molecule has 1 aliphatic rings. The molecule has 0 atom stereocenters. The van der Waals surface area contributed by atoms with Gasteiger partial charge in [0.2, 0.25) is 0 Å². The van der Waals surface area contributed by atoms with Gasteiger partial charge in [-0.25, -0.2) is 4.98 Å². The Morgan fingerprint density at radius 3 is 2.33 bits per heavy atom. The Morgan fingerprint density at radius 1 is 1.06 bits per heavy atom. The van der Waals surface area contributed by atoms with E-state index in [1.54, 1.807) is 0 Å². The van der Waals surface area contributed by atoms with Crippen LogP contribution in [0.25, 0.3) is 5.69 Å². The number of aromatic nitrogens is 2. The van der Waals surface area contributed by atoms with Gasteiger partial charge in [0.15, 0.2) is 0 Å². The summed E-state index contributed by atoms with van der Waals surface area (Å²) in [5.41, 5.74) is 3.34. The predicted molar refractivity (Wildman–Crippen MR) is 74.6 cm³/mol. The fourth-order valence-corrected chi connectivity index (χ4v) is 2.52. The van der Waals surface area contributed by atoms with Crippen LogP contribution in [0.1, 0.15) is 18.5 Å². The first-order chi connectivity index (χ1) is 8.86. The van der Waals surface area contributed by atoms with Gasteiger partial charge in [0.25, 0.3) is 0 Å². The van der Waals surface area contributed by atoms with Crippen LogP contribution < -0.4 is 4.90 Å². The minimum atomic E-state index is 0.457. The van der Waals surface area contributed by atoms with Crippen LogP contribution in [0.4, 0.5) is 5.69 Å². The third kappa shape index (κ3) is 2.23. The highest BCUT2D eigenvalue weighted by molar-refractivity contribution is 6.16. The van der Waals surface area contributed by atoms with Gasteiger partial charge >= 0.3 is 0 Å². The van der Waals surface area contributed by atoms with Gasteiger partial charge in [-0.2, -0.15) is 0 Å². The molecule has 0 unspecified atom stereocenters. The molecule has 0 bridgehead atoms. The van der Waals surface area contributed by atoms with Crippen LogP contribution in [0.3, 0.4) is 0 Å². The van der Waals surface area contributed by atoms with E-state index in [0.29, 0.717) is 5.88 Å². The number of imidazole rings is 1. The first kappa shape index (κ1) is 11.6. The lowest BCUT2D eigenvalue weighted by atomic mass is 10.2. The summed E-state index contributed by atoms with van der Waals surface area (Å²) in [7, 11) is 0. The van der Waals surface area contributed by atoms with Crippen molar-refractivity contribution in [2.75, 3.05) is 18.0 Å². The normalized spacial score (nSPS) is 15.3. The summed E-state index contributed by atoms with van der Waals surface area (Å²) in [6.07, 6.45) is 6.39. The van der Waals surface area contributed by atoms with Gasteiger partial charge in [0.05, 0.1) is 17.9 Å². The third-order valence-corrected chi connectivity index (χ3v) is 3.67. The summed E-state index contributed by atoms with van der Waals surface area (Å²) < 4.78 is 2.01. The summed E-state index contributed by atoms with van der Waals surface area (Å²) in [5.74, 6) is 0.457. The number of hydrogen-bond acceptors (Lipinski definition) is 2. The van der Waals surface area contributed by atoms with Crippen LogP contribution in [0.15, 0.2) is 36.8 Å². The second-order valence-electron chi connectivity index (χ2n) is 4.62. The standard InChI is InChI=1S/C14H16ClN3/c15-9-12-10-18(11-16-12)14-5-3-13(4-6-14)17-7-1-2-8-17/h3-6,10-11H,1-2,7-9H2. The van der Waals surface area contributed by atoms with Crippen molar-refractivity contribution in [3.63, 3.8) is 0 Å². The molecule has 4 heteroatoms. The fraction of sp³-hybridized carbons (Fsp3) is 0.357. The summed E-state index contributed by atoms with van der Waals surface area (Å²) in [4.78, 5) is 6.66. The van der Waals surface area contributed by atoms with E-state index in [4.69, 9.17) is 11.6 Å². The predicted octanol–water partition coefficient (Wildman–Crippen LogP) is 3.21. The van der Waals surface area contributed by atoms with Crippen molar-refractivity contribution in [2.24, 2.45) is 0 Å². The smallest absolute Gasteiger partial charge is 0.0995 e. The zero-order chi connectivity index (χ0) is 12.4. The topological polar surface area (TPSA) is 21.1 Å². The van der Waals surface area contributed by atoms with Gasteiger partial charge in [0.1, 0.15) is 0 Å². The lowest BCUT2D eigenvalue weighted by molar-refractivity contribution is 0.949. The molecule has 0 aliphatic carbocycles. The van der Waals surface area contributed by atoms with Crippen molar-refractivity contribution < 1.29 is 0 Å². The van der Waals surface area contributed by atoms with Crippen molar-refractivity contribution in [3.8, 4) is 5.69 Å². The van der Waals surface area contributed by atoms with E-state index >= 15 is 0 Å². The van der Waals surface area contributed by atoms with Crippen molar-refractivity contribution >= 4 is 17.3 Å². The molecular formula is C14H16ClN3. The molecule has 0 saturated carbocycles. The Balaban J connectivity index is 1.81. The number of nitrogens with zero attached hydrogens (tertiary/aromatic N) is 3. The van der Waals surface area contributed by atoms with E-state index in [1.807, 2.05) is 17.1 Å².